The monoisotopic (exact) mass is 233 g/mol. The highest BCUT2D eigenvalue weighted by Crippen LogP contribution is 2.19. The quantitative estimate of drug-likeness (QED) is 0.467. The van der Waals surface area contributed by atoms with E-state index in [4.69, 9.17) is 0 Å². The van der Waals surface area contributed by atoms with Crippen LogP contribution in [0.2, 0.25) is 0 Å². The van der Waals surface area contributed by atoms with Gasteiger partial charge in [-0.1, -0.05) is 0 Å². The lowest BCUT2D eigenvalue weighted by atomic mass is 10.6. The van der Waals surface area contributed by atoms with E-state index in [1.54, 1.807) is 0 Å². The van der Waals surface area contributed by atoms with E-state index in [9.17, 15) is 13.2 Å². The van der Waals surface area contributed by atoms with E-state index >= 15 is 0 Å². The Bertz CT molecular complexity index is 286. The zero-order valence-electron chi connectivity index (χ0n) is 5.15. The van der Waals surface area contributed by atoms with Crippen molar-refractivity contribution in [2.24, 2.45) is 16.3 Å². The Hall–Kier alpha value is -0.350. The number of amidine groups is 1. The van der Waals surface area contributed by atoms with Crippen molar-refractivity contribution >= 4 is 41.1 Å². The summed E-state index contributed by atoms with van der Waals surface area (Å²) in [7, 11) is 0. The molecule has 1 aliphatic heterocycles. The molecule has 0 aliphatic carbocycles. The molecule has 1 aliphatic rings. The molecule has 0 unspecified atom stereocenters. The molecule has 0 fully saturated rings. The second-order valence-electron chi connectivity index (χ2n) is 1.40. The maximum absolute atomic E-state index is 11.9. The smallest absolute Gasteiger partial charge is 0.163 e. The summed E-state index contributed by atoms with van der Waals surface area (Å²) in [6, 6.07) is 0. The summed E-state index contributed by atoms with van der Waals surface area (Å²) in [5.74, 6) is -1.22. The van der Waals surface area contributed by atoms with Crippen LogP contribution < -0.4 is 0 Å². The second-order valence-corrected chi connectivity index (χ2v) is 3.45. The van der Waals surface area contributed by atoms with Crippen LogP contribution in [0, 0.1) is 0 Å². The van der Waals surface area contributed by atoms with Crippen molar-refractivity contribution in [3.05, 3.63) is 0 Å². The molecular formula is C2F3N4S3+. The highest BCUT2D eigenvalue weighted by Gasteiger charge is 2.39. The van der Waals surface area contributed by atoms with Crippen LogP contribution in [0.25, 0.3) is 0 Å². The van der Waals surface area contributed by atoms with E-state index in [-0.39, 0.29) is 0 Å². The van der Waals surface area contributed by atoms with Crippen molar-refractivity contribution in [1.29, 1.82) is 0 Å². The molecule has 66 valence electrons. The molecule has 0 bridgehead atoms. The second kappa shape index (κ2) is 4.05. The van der Waals surface area contributed by atoms with Gasteiger partial charge >= 0.3 is 23.8 Å². The van der Waals surface area contributed by atoms with Gasteiger partial charge in [0.1, 0.15) is 3.77 Å². The first-order valence-electron chi connectivity index (χ1n) is 2.36. The van der Waals surface area contributed by atoms with Crippen molar-refractivity contribution in [3.63, 3.8) is 0 Å². The summed E-state index contributed by atoms with van der Waals surface area (Å²) in [6.07, 6.45) is -4.53. The van der Waals surface area contributed by atoms with E-state index in [1.165, 1.54) is 0 Å². The fourth-order valence-corrected chi connectivity index (χ4v) is 1.63. The van der Waals surface area contributed by atoms with Crippen LogP contribution >= 0.6 is 12.1 Å². The molecular weight excluding hydrogens is 233 g/mol. The summed E-state index contributed by atoms with van der Waals surface area (Å²) < 4.78 is 48.6. The van der Waals surface area contributed by atoms with Gasteiger partial charge in [0.05, 0.1) is 15.8 Å². The van der Waals surface area contributed by atoms with Gasteiger partial charge < -0.3 is 0 Å². The largest absolute Gasteiger partial charge is 0.519 e. The lowest BCUT2D eigenvalue weighted by Gasteiger charge is -1.97. The van der Waals surface area contributed by atoms with E-state index < -0.39 is 12.0 Å². The average molecular weight is 233 g/mol. The third-order valence-electron chi connectivity index (χ3n) is 0.641. The van der Waals surface area contributed by atoms with Gasteiger partial charge in [-0.25, -0.2) is 0 Å². The summed E-state index contributed by atoms with van der Waals surface area (Å²) in [4.78, 5) is 0. The minimum atomic E-state index is -4.53. The van der Waals surface area contributed by atoms with Crippen LogP contribution in [0.1, 0.15) is 0 Å². The van der Waals surface area contributed by atoms with E-state index in [1.807, 2.05) is 0 Å². The van der Waals surface area contributed by atoms with E-state index in [2.05, 4.69) is 16.3 Å². The highest BCUT2D eigenvalue weighted by atomic mass is 32.2. The van der Waals surface area contributed by atoms with Gasteiger partial charge in [-0.05, 0) is 0 Å². The lowest BCUT2D eigenvalue weighted by molar-refractivity contribution is -0.0593. The number of rotatable bonds is 0. The lowest BCUT2D eigenvalue weighted by Crippen LogP contribution is -2.20. The topological polar surface area (TPSA) is 49.4 Å². The molecule has 0 N–H and O–H groups in total. The molecule has 0 saturated carbocycles. The average Bonchev–Trinajstić information content (AvgIpc) is 1.81. The molecule has 0 radical (unpaired) electrons. The van der Waals surface area contributed by atoms with Crippen LogP contribution in [0.3, 0.4) is 0 Å². The zero-order chi connectivity index (χ0) is 9.03. The van der Waals surface area contributed by atoms with Gasteiger partial charge in [-0.15, -0.1) is 8.13 Å². The zero-order valence-corrected chi connectivity index (χ0v) is 7.60. The number of halogens is 3. The first kappa shape index (κ1) is 9.74. The van der Waals surface area contributed by atoms with Crippen LogP contribution in [0.15, 0.2) is 16.3 Å². The number of hydrogen-bond donors (Lipinski definition) is 0. The van der Waals surface area contributed by atoms with Crippen LogP contribution in [-0.2, 0) is 23.1 Å². The Morgan fingerprint density at radius 2 is 2.08 bits per heavy atom. The molecule has 0 amide bonds. The van der Waals surface area contributed by atoms with E-state index in [0.29, 0.717) is 23.1 Å². The summed E-state index contributed by atoms with van der Waals surface area (Å²) in [6.45, 7) is 0. The van der Waals surface area contributed by atoms with Gasteiger partial charge in [0.15, 0.2) is 12.1 Å². The number of hydrogen-bond acceptors (Lipinski definition) is 5. The van der Waals surface area contributed by atoms with Gasteiger partial charge in [-0.3, -0.25) is 0 Å². The summed E-state index contributed by atoms with van der Waals surface area (Å²) in [5, 5.41) is 0. The minimum Gasteiger partial charge on any atom is -0.163 e. The number of alkyl halides is 3. The van der Waals surface area contributed by atoms with Crippen molar-refractivity contribution in [1.82, 2.24) is 0 Å². The Kier molecular flexibility index (Phi) is 3.29. The molecule has 10 heteroatoms. The van der Waals surface area contributed by atoms with Crippen molar-refractivity contribution in [2.45, 2.75) is 6.18 Å². The molecule has 0 aromatic heterocycles. The minimum absolute atomic E-state index is 0.419. The number of nitrogens with zero attached hydrogens (tertiary/aromatic N) is 4. The Morgan fingerprint density at radius 1 is 1.33 bits per heavy atom. The fourth-order valence-electron chi connectivity index (χ4n) is 0.274. The Morgan fingerprint density at radius 3 is 2.75 bits per heavy atom. The first-order valence-corrected chi connectivity index (χ1v) is 4.55. The Balaban J connectivity index is 2.95. The Labute approximate surface area is 77.1 Å². The molecule has 0 atom stereocenters. The van der Waals surface area contributed by atoms with Gasteiger partial charge in [-0.2, -0.15) is 13.2 Å². The maximum atomic E-state index is 11.9. The SMILES string of the molecule is FC(F)(F)/C1=N/[S+]=NSN=S=N1. The molecule has 0 saturated heterocycles. The standard InChI is InChI=1S/C2F3N4S3/c3-2(4,5)1-6-10-8-12-9-11-7-1/q+1/b6-1-. The molecule has 4 nitrogen and oxygen atoms in total. The predicted molar refractivity (Wildman–Crippen MR) is 43.1 cm³/mol. The molecule has 1 rings (SSSR count). The van der Waals surface area contributed by atoms with Crippen LogP contribution in [0.4, 0.5) is 13.2 Å². The van der Waals surface area contributed by atoms with Crippen molar-refractivity contribution in [2.75, 3.05) is 0 Å². The molecule has 0 aromatic carbocycles. The molecule has 0 spiro atoms. The fraction of sp³-hybridized carbons (Fsp3) is 0.500. The van der Waals surface area contributed by atoms with Crippen molar-refractivity contribution < 1.29 is 13.2 Å². The highest BCUT2D eigenvalue weighted by molar-refractivity contribution is 8.03. The van der Waals surface area contributed by atoms with E-state index in [0.717, 1.165) is 12.1 Å². The normalized spacial score (nSPS) is 22.1. The van der Waals surface area contributed by atoms with Gasteiger partial charge in [0.25, 0.3) is 0 Å². The predicted octanol–water partition coefficient (Wildman–Crippen LogP) is 2.16. The van der Waals surface area contributed by atoms with Crippen LogP contribution in [-0.4, -0.2) is 12.0 Å². The summed E-state index contributed by atoms with van der Waals surface area (Å²) in [5.41, 5.74) is 0. The van der Waals surface area contributed by atoms with Crippen LogP contribution in [0.5, 0.6) is 0 Å². The molecule has 1 heterocycles. The van der Waals surface area contributed by atoms with Crippen molar-refractivity contribution in [3.8, 4) is 0 Å². The first-order chi connectivity index (χ1) is 5.61. The maximum Gasteiger partial charge on any atom is 0.519 e. The van der Waals surface area contributed by atoms with Gasteiger partial charge in [0, 0.05) is 0 Å². The molecule has 0 aromatic rings. The molecule has 12 heavy (non-hydrogen) atoms. The van der Waals surface area contributed by atoms with Gasteiger partial charge in [0.2, 0.25) is 0 Å². The third kappa shape index (κ3) is 2.95. The third-order valence-corrected chi connectivity index (χ3v) is 2.22. The summed E-state index contributed by atoms with van der Waals surface area (Å²) >= 11 is 1.59.